The summed E-state index contributed by atoms with van der Waals surface area (Å²) in [6, 6.07) is 52.4. The Labute approximate surface area is 279 Å². The number of hydrogen-bond acceptors (Lipinski definition) is 5. The molecule has 0 amide bonds. The molecule has 4 aromatic heterocycles. The Morgan fingerprint density at radius 1 is 0.438 bits per heavy atom. The molecule has 4 heterocycles. The minimum atomic E-state index is 0.667. The number of rotatable bonds is 4. The van der Waals surface area contributed by atoms with Crippen molar-refractivity contribution in [2.24, 2.45) is 0 Å². The average molecular weight is 632 g/mol. The lowest BCUT2D eigenvalue weighted by Gasteiger charge is -2.11. The van der Waals surface area contributed by atoms with Gasteiger partial charge in [0.1, 0.15) is 16.0 Å². The molecule has 10 rings (SSSR count). The van der Waals surface area contributed by atoms with Gasteiger partial charge in [-0.25, -0.2) is 15.0 Å². The summed E-state index contributed by atoms with van der Waals surface area (Å²) in [5.74, 6) is 0.667. The van der Waals surface area contributed by atoms with Crippen LogP contribution in [0.15, 0.2) is 156 Å². The fourth-order valence-electron chi connectivity index (χ4n) is 6.90. The standard InChI is InChI=1S/C43H25N3OS/c1-2-11-26(12-3-1)34-25-35(31-17-10-19-37-39(31)32-15-6-8-18-36(32)47-37)45-42(44-34)28-23-21-27(22-24-28)41-30-14-5-4-13-29(30)40-33-16-7-9-20-38(33)48-43(40)46-41/h1-25H. The largest absolute Gasteiger partial charge is 0.456 e. The van der Waals surface area contributed by atoms with E-state index in [-0.39, 0.29) is 0 Å². The monoisotopic (exact) mass is 631 g/mol. The second-order valence-corrected chi connectivity index (χ2v) is 13.0. The molecule has 5 heteroatoms. The Morgan fingerprint density at radius 3 is 1.96 bits per heavy atom. The van der Waals surface area contributed by atoms with Crippen molar-refractivity contribution < 1.29 is 4.42 Å². The highest BCUT2D eigenvalue weighted by Crippen LogP contribution is 2.41. The van der Waals surface area contributed by atoms with Crippen LogP contribution in [0.5, 0.6) is 0 Å². The number of fused-ring (bicyclic) bond motifs is 8. The molecule has 48 heavy (non-hydrogen) atoms. The average Bonchev–Trinajstić information content (AvgIpc) is 3.73. The van der Waals surface area contributed by atoms with Crippen molar-refractivity contribution >= 4 is 64.4 Å². The summed E-state index contributed by atoms with van der Waals surface area (Å²) < 4.78 is 7.48. The van der Waals surface area contributed by atoms with Crippen LogP contribution in [0.3, 0.4) is 0 Å². The van der Waals surface area contributed by atoms with Gasteiger partial charge in [-0.15, -0.1) is 11.3 Å². The molecule has 0 unspecified atom stereocenters. The molecule has 0 bridgehead atoms. The van der Waals surface area contributed by atoms with Gasteiger partial charge in [0, 0.05) is 53.9 Å². The van der Waals surface area contributed by atoms with E-state index >= 15 is 0 Å². The summed E-state index contributed by atoms with van der Waals surface area (Å²) in [4.78, 5) is 16.6. The van der Waals surface area contributed by atoms with Gasteiger partial charge in [0.25, 0.3) is 0 Å². The molecule has 0 spiro atoms. The van der Waals surface area contributed by atoms with Gasteiger partial charge in [0.15, 0.2) is 5.82 Å². The van der Waals surface area contributed by atoms with Gasteiger partial charge in [-0.05, 0) is 29.7 Å². The van der Waals surface area contributed by atoms with Crippen molar-refractivity contribution in [2.75, 3.05) is 0 Å². The molecule has 0 saturated carbocycles. The quantitative estimate of drug-likeness (QED) is 0.194. The molecule has 0 aliphatic carbocycles. The predicted molar refractivity (Wildman–Crippen MR) is 199 cm³/mol. The third-order valence-corrected chi connectivity index (χ3v) is 10.2. The molecule has 4 nitrogen and oxygen atoms in total. The number of aromatic nitrogens is 3. The Balaban J connectivity index is 1.14. The van der Waals surface area contributed by atoms with Crippen LogP contribution < -0.4 is 0 Å². The summed E-state index contributed by atoms with van der Waals surface area (Å²) >= 11 is 1.75. The molecule has 10 aromatic rings. The third kappa shape index (κ3) is 4.25. The highest BCUT2D eigenvalue weighted by Gasteiger charge is 2.18. The second-order valence-electron chi connectivity index (χ2n) is 12.0. The zero-order valence-corrected chi connectivity index (χ0v) is 26.4. The van der Waals surface area contributed by atoms with E-state index in [0.29, 0.717) is 5.82 Å². The number of pyridine rings is 1. The second kappa shape index (κ2) is 10.7. The van der Waals surface area contributed by atoms with Crippen molar-refractivity contribution in [3.8, 4) is 45.2 Å². The first-order valence-corrected chi connectivity index (χ1v) is 16.8. The summed E-state index contributed by atoms with van der Waals surface area (Å²) in [5.41, 5.74) is 8.46. The number of para-hydroxylation sites is 1. The summed E-state index contributed by atoms with van der Waals surface area (Å²) in [5, 5.41) is 6.99. The minimum absolute atomic E-state index is 0.667. The summed E-state index contributed by atoms with van der Waals surface area (Å²) in [6.07, 6.45) is 0. The number of furan rings is 1. The lowest BCUT2D eigenvalue weighted by molar-refractivity contribution is 0.669. The Bertz CT molecular complexity index is 2830. The van der Waals surface area contributed by atoms with E-state index in [0.717, 1.165) is 71.5 Å². The van der Waals surface area contributed by atoms with Crippen LogP contribution in [-0.4, -0.2) is 15.0 Å². The molecule has 0 saturated heterocycles. The molecule has 0 atom stereocenters. The summed E-state index contributed by atoms with van der Waals surface area (Å²) in [7, 11) is 0. The van der Waals surface area contributed by atoms with Crippen molar-refractivity contribution in [1.29, 1.82) is 0 Å². The Morgan fingerprint density at radius 2 is 1.10 bits per heavy atom. The fourth-order valence-corrected chi connectivity index (χ4v) is 7.99. The van der Waals surface area contributed by atoms with E-state index in [1.807, 2.05) is 48.5 Å². The predicted octanol–water partition coefficient (Wildman–Crippen LogP) is 12.0. The number of thiophene rings is 1. The van der Waals surface area contributed by atoms with Crippen molar-refractivity contribution in [3.05, 3.63) is 152 Å². The van der Waals surface area contributed by atoms with E-state index in [1.165, 1.54) is 20.9 Å². The minimum Gasteiger partial charge on any atom is -0.456 e. The first kappa shape index (κ1) is 27.0. The summed E-state index contributed by atoms with van der Waals surface area (Å²) in [6.45, 7) is 0. The number of nitrogens with zero attached hydrogens (tertiary/aromatic N) is 3. The maximum Gasteiger partial charge on any atom is 0.160 e. The molecule has 0 radical (unpaired) electrons. The maximum absolute atomic E-state index is 6.23. The van der Waals surface area contributed by atoms with Gasteiger partial charge in [-0.1, -0.05) is 127 Å². The van der Waals surface area contributed by atoms with Gasteiger partial charge in [-0.3, -0.25) is 0 Å². The first-order chi connectivity index (χ1) is 23.8. The smallest absolute Gasteiger partial charge is 0.160 e. The molecule has 0 fully saturated rings. The Kier molecular flexibility index (Phi) is 6.01. The topological polar surface area (TPSA) is 51.8 Å². The van der Waals surface area contributed by atoms with Crippen LogP contribution in [0.2, 0.25) is 0 Å². The molecule has 0 aliphatic heterocycles. The van der Waals surface area contributed by atoms with Crippen molar-refractivity contribution in [1.82, 2.24) is 15.0 Å². The molecule has 0 N–H and O–H groups in total. The zero-order valence-electron chi connectivity index (χ0n) is 25.6. The van der Waals surface area contributed by atoms with E-state index in [1.54, 1.807) is 11.3 Å². The highest BCUT2D eigenvalue weighted by atomic mass is 32.1. The van der Waals surface area contributed by atoms with Crippen LogP contribution in [0.4, 0.5) is 0 Å². The zero-order chi connectivity index (χ0) is 31.6. The molecular formula is C43H25N3OS. The SMILES string of the molecule is c1ccc(-c2cc(-c3cccc4oc5ccccc5c34)nc(-c3ccc(-c4nc5sc6ccccc6c5c5ccccc45)cc3)n2)cc1. The van der Waals surface area contributed by atoms with E-state index in [2.05, 4.69) is 103 Å². The van der Waals surface area contributed by atoms with E-state index < -0.39 is 0 Å². The van der Waals surface area contributed by atoms with Crippen LogP contribution in [0, 0.1) is 0 Å². The lowest BCUT2D eigenvalue weighted by atomic mass is 9.99. The highest BCUT2D eigenvalue weighted by molar-refractivity contribution is 7.25. The van der Waals surface area contributed by atoms with Crippen LogP contribution >= 0.6 is 11.3 Å². The fraction of sp³-hybridized carbons (Fsp3) is 0. The van der Waals surface area contributed by atoms with Crippen LogP contribution in [-0.2, 0) is 0 Å². The molecule has 6 aromatic carbocycles. The van der Waals surface area contributed by atoms with Gasteiger partial charge >= 0.3 is 0 Å². The van der Waals surface area contributed by atoms with Crippen LogP contribution in [0.25, 0.3) is 98.2 Å². The molecule has 0 aliphatic rings. The third-order valence-electron chi connectivity index (χ3n) is 9.13. The van der Waals surface area contributed by atoms with Gasteiger partial charge in [-0.2, -0.15) is 0 Å². The maximum atomic E-state index is 6.23. The number of benzene rings is 6. The lowest BCUT2D eigenvalue weighted by Crippen LogP contribution is -1.96. The normalized spacial score (nSPS) is 11.8. The van der Waals surface area contributed by atoms with Crippen molar-refractivity contribution in [3.63, 3.8) is 0 Å². The Hall–Kier alpha value is -6.17. The van der Waals surface area contributed by atoms with Crippen LogP contribution in [0.1, 0.15) is 0 Å². The van der Waals surface area contributed by atoms with E-state index in [9.17, 15) is 0 Å². The van der Waals surface area contributed by atoms with Gasteiger partial charge in [0.05, 0.1) is 17.1 Å². The van der Waals surface area contributed by atoms with Gasteiger partial charge in [0.2, 0.25) is 0 Å². The number of hydrogen-bond donors (Lipinski definition) is 0. The van der Waals surface area contributed by atoms with Crippen molar-refractivity contribution in [2.45, 2.75) is 0 Å². The molecular weight excluding hydrogens is 607 g/mol. The molecule has 224 valence electrons. The van der Waals surface area contributed by atoms with E-state index in [4.69, 9.17) is 19.4 Å². The first-order valence-electron chi connectivity index (χ1n) is 15.9. The van der Waals surface area contributed by atoms with Gasteiger partial charge < -0.3 is 4.42 Å².